The Labute approximate surface area is 118 Å². The topological polar surface area (TPSA) is 63.4 Å². The van der Waals surface area contributed by atoms with Crippen molar-refractivity contribution in [3.63, 3.8) is 0 Å². The van der Waals surface area contributed by atoms with E-state index in [1.165, 1.54) is 12.8 Å². The van der Waals surface area contributed by atoms with Crippen molar-refractivity contribution in [3.05, 3.63) is 29.8 Å². The van der Waals surface area contributed by atoms with E-state index >= 15 is 0 Å². The highest BCUT2D eigenvalue weighted by atomic mass is 16.5. The quantitative estimate of drug-likeness (QED) is 0.659. The standard InChI is InChI=1S/C15H20N4O/c1-20-13-5-4-11-8-12(10-19-6-2-3-7-19)15(18-16)17-14(11)9-13/h4-5,8-9H,2-3,6-7,10,16H2,1H3,(H,17,18). The number of anilines is 1. The highest BCUT2D eigenvalue weighted by Gasteiger charge is 2.15. The van der Waals surface area contributed by atoms with Gasteiger partial charge in [0, 0.05) is 23.6 Å². The lowest BCUT2D eigenvalue weighted by Crippen LogP contribution is -2.21. The van der Waals surface area contributed by atoms with Gasteiger partial charge in [0.1, 0.15) is 11.6 Å². The van der Waals surface area contributed by atoms with Crippen molar-refractivity contribution < 1.29 is 4.74 Å². The van der Waals surface area contributed by atoms with Crippen molar-refractivity contribution in [1.29, 1.82) is 0 Å². The van der Waals surface area contributed by atoms with Crippen LogP contribution in [-0.2, 0) is 6.54 Å². The maximum absolute atomic E-state index is 5.62. The molecule has 0 unspecified atom stereocenters. The number of pyridine rings is 1. The van der Waals surface area contributed by atoms with Gasteiger partial charge in [-0.2, -0.15) is 0 Å². The second kappa shape index (κ2) is 5.64. The number of likely N-dealkylation sites (tertiary alicyclic amines) is 1. The number of ether oxygens (including phenoxy) is 1. The number of hydrogen-bond acceptors (Lipinski definition) is 5. The van der Waals surface area contributed by atoms with Crippen LogP contribution in [0.3, 0.4) is 0 Å². The number of nitrogens with zero attached hydrogens (tertiary/aromatic N) is 2. The predicted molar refractivity (Wildman–Crippen MR) is 80.6 cm³/mol. The summed E-state index contributed by atoms with van der Waals surface area (Å²) in [5.74, 6) is 7.18. The molecule has 1 fully saturated rings. The average molecular weight is 272 g/mol. The molecule has 0 amide bonds. The first-order valence-corrected chi connectivity index (χ1v) is 6.97. The van der Waals surface area contributed by atoms with Gasteiger partial charge in [-0.15, -0.1) is 0 Å². The van der Waals surface area contributed by atoms with Crippen molar-refractivity contribution in [1.82, 2.24) is 9.88 Å². The second-order valence-corrected chi connectivity index (χ2v) is 5.18. The van der Waals surface area contributed by atoms with Crippen LogP contribution < -0.4 is 16.0 Å². The molecule has 1 aliphatic rings. The Morgan fingerprint density at radius 3 is 2.80 bits per heavy atom. The van der Waals surface area contributed by atoms with Crippen LogP contribution in [0.1, 0.15) is 18.4 Å². The zero-order valence-electron chi connectivity index (χ0n) is 11.7. The van der Waals surface area contributed by atoms with Crippen LogP contribution >= 0.6 is 0 Å². The van der Waals surface area contributed by atoms with Gasteiger partial charge in [-0.3, -0.25) is 4.90 Å². The number of benzene rings is 1. The molecule has 0 spiro atoms. The molecule has 1 aromatic carbocycles. The van der Waals surface area contributed by atoms with Gasteiger partial charge in [-0.25, -0.2) is 10.8 Å². The van der Waals surface area contributed by atoms with Gasteiger partial charge in [-0.05, 0) is 44.1 Å². The van der Waals surface area contributed by atoms with Gasteiger partial charge in [-0.1, -0.05) is 0 Å². The summed E-state index contributed by atoms with van der Waals surface area (Å²) in [4.78, 5) is 7.04. The summed E-state index contributed by atoms with van der Waals surface area (Å²) < 4.78 is 5.23. The van der Waals surface area contributed by atoms with Gasteiger partial charge in [0.05, 0.1) is 12.6 Å². The monoisotopic (exact) mass is 272 g/mol. The largest absolute Gasteiger partial charge is 0.497 e. The Balaban J connectivity index is 1.97. The number of methoxy groups -OCH3 is 1. The normalized spacial score (nSPS) is 15.7. The molecule has 5 nitrogen and oxygen atoms in total. The van der Waals surface area contributed by atoms with E-state index < -0.39 is 0 Å². The summed E-state index contributed by atoms with van der Waals surface area (Å²) in [7, 11) is 1.66. The van der Waals surface area contributed by atoms with E-state index in [2.05, 4.69) is 21.4 Å². The fourth-order valence-corrected chi connectivity index (χ4v) is 2.74. The van der Waals surface area contributed by atoms with E-state index in [1.807, 2.05) is 18.2 Å². The van der Waals surface area contributed by atoms with E-state index in [4.69, 9.17) is 10.6 Å². The Morgan fingerprint density at radius 1 is 1.30 bits per heavy atom. The number of fused-ring (bicyclic) bond motifs is 1. The number of nitrogens with two attached hydrogens (primary N) is 1. The number of hydrogen-bond donors (Lipinski definition) is 2. The molecule has 0 radical (unpaired) electrons. The van der Waals surface area contributed by atoms with E-state index in [1.54, 1.807) is 7.11 Å². The fourth-order valence-electron chi connectivity index (χ4n) is 2.74. The molecule has 3 rings (SSSR count). The third-order valence-corrected chi connectivity index (χ3v) is 3.83. The minimum absolute atomic E-state index is 0.748. The molecule has 2 heterocycles. The number of nitrogens with one attached hydrogen (secondary N) is 1. The van der Waals surface area contributed by atoms with Crippen LogP contribution in [-0.4, -0.2) is 30.1 Å². The third kappa shape index (κ3) is 2.55. The predicted octanol–water partition coefficient (Wildman–Crippen LogP) is 2.12. The summed E-state index contributed by atoms with van der Waals surface area (Å²) in [6.45, 7) is 3.21. The van der Waals surface area contributed by atoms with Crippen molar-refractivity contribution in [2.24, 2.45) is 5.84 Å². The van der Waals surface area contributed by atoms with E-state index in [-0.39, 0.29) is 0 Å². The second-order valence-electron chi connectivity index (χ2n) is 5.18. The molecule has 0 aliphatic carbocycles. The zero-order valence-corrected chi connectivity index (χ0v) is 11.7. The lowest BCUT2D eigenvalue weighted by molar-refractivity contribution is 0.332. The Hall–Kier alpha value is -1.85. The molecule has 1 aromatic heterocycles. The van der Waals surface area contributed by atoms with E-state index in [0.29, 0.717) is 0 Å². The summed E-state index contributed by atoms with van der Waals surface area (Å²) in [5, 5.41) is 1.11. The molecule has 5 heteroatoms. The summed E-state index contributed by atoms with van der Waals surface area (Å²) in [6.07, 6.45) is 2.56. The van der Waals surface area contributed by atoms with E-state index in [9.17, 15) is 0 Å². The minimum atomic E-state index is 0.748. The summed E-state index contributed by atoms with van der Waals surface area (Å²) >= 11 is 0. The highest BCUT2D eigenvalue weighted by molar-refractivity contribution is 5.83. The van der Waals surface area contributed by atoms with Crippen LogP contribution in [0.15, 0.2) is 24.3 Å². The average Bonchev–Trinajstić information content (AvgIpc) is 2.99. The zero-order chi connectivity index (χ0) is 13.9. The van der Waals surface area contributed by atoms with Crippen molar-refractivity contribution in [2.75, 3.05) is 25.6 Å². The lowest BCUT2D eigenvalue weighted by Gasteiger charge is -2.17. The Kier molecular flexibility index (Phi) is 3.71. The van der Waals surface area contributed by atoms with Crippen molar-refractivity contribution in [3.8, 4) is 5.75 Å². The maximum Gasteiger partial charge on any atom is 0.145 e. The Bertz CT molecular complexity index is 608. The fraction of sp³-hybridized carbons (Fsp3) is 0.400. The minimum Gasteiger partial charge on any atom is -0.497 e. The lowest BCUT2D eigenvalue weighted by atomic mass is 10.1. The summed E-state index contributed by atoms with van der Waals surface area (Å²) in [5.41, 5.74) is 4.76. The molecule has 0 bridgehead atoms. The van der Waals surface area contributed by atoms with Gasteiger partial charge in [0.25, 0.3) is 0 Å². The Morgan fingerprint density at radius 2 is 2.10 bits per heavy atom. The number of aromatic nitrogens is 1. The number of rotatable bonds is 4. The van der Waals surface area contributed by atoms with Crippen LogP contribution in [0.25, 0.3) is 10.9 Å². The van der Waals surface area contributed by atoms with Gasteiger partial charge in [0.2, 0.25) is 0 Å². The number of hydrazine groups is 1. The van der Waals surface area contributed by atoms with Gasteiger partial charge >= 0.3 is 0 Å². The molecule has 20 heavy (non-hydrogen) atoms. The van der Waals surface area contributed by atoms with Crippen molar-refractivity contribution in [2.45, 2.75) is 19.4 Å². The molecular weight excluding hydrogens is 252 g/mol. The molecular formula is C15H20N4O. The number of nitrogen functional groups attached to an aromatic ring is 1. The molecule has 0 saturated carbocycles. The van der Waals surface area contributed by atoms with Gasteiger partial charge < -0.3 is 10.2 Å². The van der Waals surface area contributed by atoms with E-state index in [0.717, 1.165) is 47.7 Å². The molecule has 1 saturated heterocycles. The first-order valence-electron chi connectivity index (χ1n) is 6.97. The van der Waals surface area contributed by atoms with Crippen LogP contribution in [0.2, 0.25) is 0 Å². The molecule has 1 aliphatic heterocycles. The summed E-state index contributed by atoms with van der Waals surface area (Å²) in [6, 6.07) is 8.08. The third-order valence-electron chi connectivity index (χ3n) is 3.83. The first-order chi connectivity index (χ1) is 9.80. The van der Waals surface area contributed by atoms with Crippen LogP contribution in [0, 0.1) is 0 Å². The molecule has 3 N–H and O–H groups in total. The maximum atomic E-state index is 5.62. The first kappa shape index (κ1) is 13.1. The SMILES string of the molecule is COc1ccc2cc(CN3CCCC3)c(NN)nc2c1. The molecule has 0 atom stereocenters. The van der Waals surface area contributed by atoms with Crippen LogP contribution in [0.4, 0.5) is 5.82 Å². The molecule has 106 valence electrons. The van der Waals surface area contributed by atoms with Crippen LogP contribution in [0.5, 0.6) is 5.75 Å². The molecule has 2 aromatic rings. The van der Waals surface area contributed by atoms with Crippen molar-refractivity contribution >= 4 is 16.7 Å². The smallest absolute Gasteiger partial charge is 0.145 e. The highest BCUT2D eigenvalue weighted by Crippen LogP contribution is 2.25. The van der Waals surface area contributed by atoms with Gasteiger partial charge in [0.15, 0.2) is 0 Å².